The number of hydrogen-bond donors (Lipinski definition) is 1. The van der Waals surface area contributed by atoms with Gasteiger partial charge in [-0.1, -0.05) is 52.3 Å². The Kier molecular flexibility index (Phi) is 6.59. The maximum atomic E-state index is 13.2. The van der Waals surface area contributed by atoms with E-state index in [-0.39, 0.29) is 11.4 Å². The van der Waals surface area contributed by atoms with Gasteiger partial charge in [-0.15, -0.1) is 0 Å². The lowest BCUT2D eigenvalue weighted by molar-refractivity contribution is -0.271. The second kappa shape index (κ2) is 9.19. The molecule has 4 aliphatic carbocycles. The lowest BCUT2D eigenvalue weighted by Crippen LogP contribution is -2.75. The Morgan fingerprint density at radius 3 is 2.10 bits per heavy atom. The summed E-state index contributed by atoms with van der Waals surface area (Å²) >= 11 is 0. The molecule has 0 saturated heterocycles. The van der Waals surface area contributed by atoms with E-state index >= 15 is 0 Å². The Hall–Kier alpha value is -3.11. The quantitative estimate of drug-likeness (QED) is 0.232. The normalized spacial score (nSPS) is 44.2. The number of methoxy groups -OCH3 is 1. The molecule has 1 aliphatic heterocycles. The molecule has 0 aromatic heterocycles. The molecule has 0 bridgehead atoms. The smallest absolute Gasteiger partial charge is 0.342 e. The highest BCUT2D eigenvalue weighted by Crippen LogP contribution is 2.73. The van der Waals surface area contributed by atoms with Gasteiger partial charge >= 0.3 is 23.9 Å². The van der Waals surface area contributed by atoms with Crippen LogP contribution >= 0.6 is 0 Å². The maximum Gasteiger partial charge on any atom is 0.342 e. The second-order valence-electron chi connectivity index (χ2n) is 13.3. The van der Waals surface area contributed by atoms with E-state index in [4.69, 9.17) is 18.9 Å². The number of aliphatic hydroxyl groups excluding tert-OH is 1. The molecule has 2 saturated carbocycles. The Morgan fingerprint density at radius 2 is 1.56 bits per heavy atom. The molecule has 1 N–H and O–H groups in total. The number of ether oxygens (including phenoxy) is 4. The third kappa shape index (κ3) is 3.72. The largest absolute Gasteiger partial charge is 0.459 e. The van der Waals surface area contributed by atoms with Crippen molar-refractivity contribution in [3.63, 3.8) is 0 Å². The lowest BCUT2D eigenvalue weighted by Gasteiger charge is -2.70. The van der Waals surface area contributed by atoms with Crippen LogP contribution in [0, 0.1) is 39.4 Å². The summed E-state index contributed by atoms with van der Waals surface area (Å²) in [6.07, 6.45) is 2.64. The highest BCUT2D eigenvalue weighted by atomic mass is 16.6. The zero-order chi connectivity index (χ0) is 30.4. The van der Waals surface area contributed by atoms with Crippen molar-refractivity contribution in [3.8, 4) is 0 Å². The van der Waals surface area contributed by atoms with Crippen LogP contribution in [0.5, 0.6) is 0 Å². The number of carbonyl (C=O) groups is 5. The molecular formula is C31H38O10. The molecule has 5 aliphatic rings. The predicted molar refractivity (Wildman–Crippen MR) is 143 cm³/mol. The number of esters is 4. The minimum atomic E-state index is -1.25. The number of hydrogen-bond acceptors (Lipinski definition) is 10. The van der Waals surface area contributed by atoms with Crippen LogP contribution in [0.4, 0.5) is 0 Å². The van der Waals surface area contributed by atoms with Gasteiger partial charge < -0.3 is 24.1 Å². The van der Waals surface area contributed by atoms with Crippen molar-refractivity contribution in [3.05, 3.63) is 35.5 Å². The van der Waals surface area contributed by atoms with Crippen molar-refractivity contribution >= 4 is 29.7 Å². The van der Waals surface area contributed by atoms with Crippen LogP contribution in [0.1, 0.15) is 54.9 Å². The molecule has 0 radical (unpaired) electrons. The highest BCUT2D eigenvalue weighted by Gasteiger charge is 2.77. The fourth-order valence-corrected chi connectivity index (χ4v) is 9.58. The highest BCUT2D eigenvalue weighted by molar-refractivity contribution is 6.09. The first kappa shape index (κ1) is 29.4. The Labute approximate surface area is 239 Å². The molecule has 0 spiro atoms. The summed E-state index contributed by atoms with van der Waals surface area (Å²) in [6, 6.07) is 0. The average molecular weight is 571 g/mol. The van der Waals surface area contributed by atoms with Gasteiger partial charge in [-0.05, 0) is 17.9 Å². The number of rotatable bonds is 4. The Morgan fingerprint density at radius 1 is 0.951 bits per heavy atom. The van der Waals surface area contributed by atoms with Crippen molar-refractivity contribution in [2.24, 2.45) is 39.4 Å². The van der Waals surface area contributed by atoms with Gasteiger partial charge in [-0.3, -0.25) is 14.4 Å². The molecule has 222 valence electrons. The zero-order valence-corrected chi connectivity index (χ0v) is 24.7. The van der Waals surface area contributed by atoms with Gasteiger partial charge in [0.1, 0.15) is 12.2 Å². The molecule has 10 nitrogen and oxygen atoms in total. The minimum Gasteiger partial charge on any atom is -0.459 e. The van der Waals surface area contributed by atoms with Gasteiger partial charge in [0.2, 0.25) is 0 Å². The molecular weight excluding hydrogens is 532 g/mol. The van der Waals surface area contributed by atoms with E-state index in [1.165, 1.54) is 33.1 Å². The molecule has 0 aromatic rings. The first-order chi connectivity index (χ1) is 19.0. The number of carbonyl (C=O) groups excluding carboxylic acids is 5. The molecule has 0 unspecified atom stereocenters. The third-order valence-corrected chi connectivity index (χ3v) is 10.8. The molecule has 41 heavy (non-hydrogen) atoms. The summed E-state index contributed by atoms with van der Waals surface area (Å²) < 4.78 is 23.1. The molecule has 10 heteroatoms. The SMILES string of the molecule is CO[C@@H]1[C@H](OC(C)=O)[C@]2(C)C(=CC[C@H]2C2=CC(=O)OC2=O)[C@]2(C)[C@H](OC(C)=O)[C@H](O)[C@H]3C(C)(C)C(=O)C=C[C@]3(C)[C@H]12. The Balaban J connectivity index is 1.82. The Bertz CT molecular complexity index is 1340. The van der Waals surface area contributed by atoms with Crippen molar-refractivity contribution in [2.45, 2.75) is 79.3 Å². The van der Waals surface area contributed by atoms with E-state index in [0.717, 1.165) is 5.57 Å². The van der Waals surface area contributed by atoms with Gasteiger partial charge in [-0.25, -0.2) is 9.59 Å². The first-order valence-electron chi connectivity index (χ1n) is 13.9. The molecule has 10 atom stereocenters. The zero-order valence-electron chi connectivity index (χ0n) is 24.7. The fraction of sp³-hybridized carbons (Fsp3) is 0.645. The number of ketones is 1. The molecule has 0 aromatic carbocycles. The van der Waals surface area contributed by atoms with E-state index in [1.807, 2.05) is 32.9 Å². The van der Waals surface area contributed by atoms with Crippen LogP contribution in [-0.4, -0.2) is 66.3 Å². The van der Waals surface area contributed by atoms with Crippen molar-refractivity contribution in [1.29, 1.82) is 0 Å². The van der Waals surface area contributed by atoms with Gasteiger partial charge in [-0.2, -0.15) is 0 Å². The fourth-order valence-electron chi connectivity index (χ4n) is 9.58. The minimum absolute atomic E-state index is 0.159. The topological polar surface area (TPSA) is 143 Å². The lowest BCUT2D eigenvalue weighted by atomic mass is 9.36. The van der Waals surface area contributed by atoms with Crippen molar-refractivity contribution in [2.75, 3.05) is 7.11 Å². The number of fused-ring (bicyclic) bond motifs is 5. The van der Waals surface area contributed by atoms with Crippen LogP contribution in [0.25, 0.3) is 0 Å². The number of aliphatic hydroxyl groups is 1. The van der Waals surface area contributed by atoms with Gasteiger partial charge in [0.05, 0.1) is 12.2 Å². The second-order valence-corrected chi connectivity index (χ2v) is 13.3. The summed E-state index contributed by atoms with van der Waals surface area (Å²) in [5, 5.41) is 12.1. The summed E-state index contributed by atoms with van der Waals surface area (Å²) in [6.45, 7) is 11.8. The van der Waals surface area contributed by atoms with E-state index in [1.54, 1.807) is 13.8 Å². The van der Waals surface area contributed by atoms with E-state index in [2.05, 4.69) is 0 Å². The first-order valence-corrected chi connectivity index (χ1v) is 13.9. The molecule has 5 rings (SSSR count). The summed E-state index contributed by atoms with van der Waals surface area (Å²) in [4.78, 5) is 63.3. The standard InChI is InChI=1S/C31H38O10/c1-14(32)39-25-21(36)23-28(3,4)19(34)11-12-29(23,5)24-22(38-8)26(40-15(2)33)30(6)17(9-10-18(30)31(24,25)7)16-13-20(35)41-27(16)37/h10-13,17,21-26,36H,9H2,1-8H3/t17-,21+,22-,23-,24-,25+,26-,29-,30-,31-/m0/s1. The van der Waals surface area contributed by atoms with E-state index in [9.17, 15) is 29.1 Å². The summed E-state index contributed by atoms with van der Waals surface area (Å²) in [5.74, 6) is -4.73. The molecule has 2 fully saturated rings. The predicted octanol–water partition coefficient (Wildman–Crippen LogP) is 2.63. The van der Waals surface area contributed by atoms with Crippen LogP contribution in [0.15, 0.2) is 35.5 Å². The monoisotopic (exact) mass is 570 g/mol. The van der Waals surface area contributed by atoms with Crippen molar-refractivity contribution in [1.82, 2.24) is 0 Å². The van der Waals surface area contributed by atoms with Crippen LogP contribution in [0.2, 0.25) is 0 Å². The van der Waals surface area contributed by atoms with Crippen LogP contribution in [-0.2, 0) is 42.9 Å². The van der Waals surface area contributed by atoms with E-state index < -0.39 is 87.7 Å². The van der Waals surface area contributed by atoms with Gasteiger partial charge in [0.15, 0.2) is 5.78 Å². The average Bonchev–Trinajstić information content (AvgIpc) is 3.38. The maximum absolute atomic E-state index is 13.2. The number of cyclic esters (lactones) is 2. The number of allylic oxidation sites excluding steroid dienone is 3. The van der Waals surface area contributed by atoms with Gasteiger partial charge in [0, 0.05) is 66.6 Å². The van der Waals surface area contributed by atoms with E-state index in [0.29, 0.717) is 6.42 Å². The van der Waals surface area contributed by atoms with Crippen LogP contribution < -0.4 is 0 Å². The third-order valence-electron chi connectivity index (χ3n) is 10.8. The summed E-state index contributed by atoms with van der Waals surface area (Å²) in [7, 11) is 1.50. The summed E-state index contributed by atoms with van der Waals surface area (Å²) in [5.41, 5.74) is -3.25. The van der Waals surface area contributed by atoms with Gasteiger partial charge in [0.25, 0.3) is 0 Å². The molecule has 0 amide bonds. The molecule has 1 heterocycles. The van der Waals surface area contributed by atoms with Crippen molar-refractivity contribution < 1.29 is 48.0 Å². The van der Waals surface area contributed by atoms with Crippen LogP contribution in [0.3, 0.4) is 0 Å².